The van der Waals surface area contributed by atoms with E-state index in [2.05, 4.69) is 41.9 Å². The van der Waals surface area contributed by atoms with Gasteiger partial charge in [-0.05, 0) is 61.0 Å². The molecule has 190 valence electrons. The van der Waals surface area contributed by atoms with Crippen molar-refractivity contribution in [2.45, 2.75) is 6.92 Å². The highest BCUT2D eigenvalue weighted by Crippen LogP contribution is 2.21. The number of carbonyl (C=O) groups excluding carboxylic acids is 2. The van der Waals surface area contributed by atoms with Crippen molar-refractivity contribution in [2.75, 3.05) is 48.5 Å². The summed E-state index contributed by atoms with van der Waals surface area (Å²) in [4.78, 5) is 33.8. The topological polar surface area (TPSA) is 131 Å². The maximum absolute atomic E-state index is 12.6. The lowest BCUT2D eigenvalue weighted by Crippen LogP contribution is -2.22. The summed E-state index contributed by atoms with van der Waals surface area (Å²) in [6.45, 7) is 3.43. The molecule has 1 aliphatic heterocycles. The van der Waals surface area contributed by atoms with Gasteiger partial charge in [-0.15, -0.1) is 0 Å². The molecular formula is C27H30N8O2. The van der Waals surface area contributed by atoms with Crippen molar-refractivity contribution >= 4 is 46.5 Å². The molecule has 0 radical (unpaired) electrons. The Balaban J connectivity index is 1.36. The van der Waals surface area contributed by atoms with Crippen LogP contribution in [0.4, 0.5) is 32.3 Å². The van der Waals surface area contributed by atoms with Crippen molar-refractivity contribution in [3.8, 4) is 0 Å². The van der Waals surface area contributed by atoms with Crippen molar-refractivity contribution in [1.82, 2.24) is 10.6 Å². The quantitative estimate of drug-likeness (QED) is 0.224. The van der Waals surface area contributed by atoms with Gasteiger partial charge < -0.3 is 31.9 Å². The van der Waals surface area contributed by atoms with Gasteiger partial charge in [-0.3, -0.25) is 9.98 Å². The van der Waals surface area contributed by atoms with Crippen LogP contribution in [0.15, 0.2) is 76.7 Å². The number of carbonyl (C=O) groups is 2. The molecular weight excluding hydrogens is 468 g/mol. The number of amides is 4. The number of hydrogen-bond donors (Lipinski definition) is 6. The fourth-order valence-corrected chi connectivity index (χ4v) is 3.84. The van der Waals surface area contributed by atoms with E-state index in [9.17, 15) is 9.59 Å². The van der Waals surface area contributed by atoms with E-state index in [-0.39, 0.29) is 0 Å². The molecule has 1 heterocycles. The molecule has 10 nitrogen and oxygen atoms in total. The standard InChI is InChI=1S/C27H30N8O2/c1-17-7-10-22(34-26(36)33-21-6-4-5-19(15-21)25-30-13-14-31-25)16-23(17)35-27(37)32-20-11-8-18(9-12-20)24(28-2)29-3/h4-12,15-16H,13-14H2,1-3H3,(H,28,29)(H,30,31)(H2,32,35,37)(H2,33,34,36). The zero-order valence-corrected chi connectivity index (χ0v) is 21.0. The van der Waals surface area contributed by atoms with Crippen LogP contribution in [-0.4, -0.2) is 50.9 Å². The Labute approximate surface area is 215 Å². The van der Waals surface area contributed by atoms with Gasteiger partial charge in [0.15, 0.2) is 0 Å². The number of aryl methyl sites for hydroxylation is 1. The minimum absolute atomic E-state index is 0.393. The number of urea groups is 2. The molecule has 0 spiro atoms. The third kappa shape index (κ3) is 6.63. The van der Waals surface area contributed by atoms with Crippen molar-refractivity contribution in [1.29, 1.82) is 0 Å². The predicted molar refractivity (Wildman–Crippen MR) is 150 cm³/mol. The summed E-state index contributed by atoms with van der Waals surface area (Å²) in [5.74, 6) is 1.58. The molecule has 0 saturated heterocycles. The number of rotatable bonds is 6. The first kappa shape index (κ1) is 25.2. The Kier molecular flexibility index (Phi) is 7.99. The van der Waals surface area contributed by atoms with Gasteiger partial charge in [0.1, 0.15) is 11.7 Å². The molecule has 0 atom stereocenters. The zero-order chi connectivity index (χ0) is 26.2. The van der Waals surface area contributed by atoms with Gasteiger partial charge in [-0.25, -0.2) is 9.59 Å². The summed E-state index contributed by atoms with van der Waals surface area (Å²) in [6, 6.07) is 19.4. The minimum Gasteiger partial charge on any atom is -0.373 e. The summed E-state index contributed by atoms with van der Waals surface area (Å²) >= 11 is 0. The number of aliphatic imine (C=N–C) groups is 2. The first-order valence-corrected chi connectivity index (χ1v) is 11.9. The molecule has 0 unspecified atom stereocenters. The van der Waals surface area contributed by atoms with E-state index in [0.29, 0.717) is 22.7 Å². The van der Waals surface area contributed by atoms with Gasteiger partial charge in [-0.2, -0.15) is 0 Å². The first-order valence-electron chi connectivity index (χ1n) is 11.9. The zero-order valence-electron chi connectivity index (χ0n) is 21.0. The Morgan fingerprint density at radius 1 is 0.865 bits per heavy atom. The highest BCUT2D eigenvalue weighted by atomic mass is 16.2. The highest BCUT2D eigenvalue weighted by molar-refractivity contribution is 6.04. The first-order chi connectivity index (χ1) is 17.9. The summed E-state index contributed by atoms with van der Waals surface area (Å²) < 4.78 is 0. The monoisotopic (exact) mass is 498 g/mol. The second kappa shape index (κ2) is 11.7. The van der Waals surface area contributed by atoms with Crippen LogP contribution in [-0.2, 0) is 0 Å². The highest BCUT2D eigenvalue weighted by Gasteiger charge is 2.11. The third-order valence-corrected chi connectivity index (χ3v) is 5.69. The third-order valence-electron chi connectivity index (χ3n) is 5.69. The summed E-state index contributed by atoms with van der Waals surface area (Å²) in [5.41, 5.74) is 5.09. The second-order valence-corrected chi connectivity index (χ2v) is 8.33. The number of benzene rings is 3. The van der Waals surface area contributed by atoms with Crippen LogP contribution >= 0.6 is 0 Å². The van der Waals surface area contributed by atoms with E-state index in [4.69, 9.17) is 0 Å². The molecule has 0 aliphatic carbocycles. The summed E-state index contributed by atoms with van der Waals surface area (Å²) in [7, 11) is 3.52. The van der Waals surface area contributed by atoms with Crippen LogP contribution < -0.4 is 31.9 Å². The van der Waals surface area contributed by atoms with Crippen molar-refractivity contribution < 1.29 is 9.59 Å². The number of nitrogens with zero attached hydrogens (tertiary/aromatic N) is 2. The molecule has 0 bridgehead atoms. The van der Waals surface area contributed by atoms with E-state index in [1.807, 2.05) is 49.4 Å². The van der Waals surface area contributed by atoms with Gasteiger partial charge in [-0.1, -0.05) is 18.2 Å². The molecule has 0 fully saturated rings. The van der Waals surface area contributed by atoms with Gasteiger partial charge in [0, 0.05) is 54.5 Å². The Morgan fingerprint density at radius 2 is 1.54 bits per heavy atom. The van der Waals surface area contributed by atoms with Crippen LogP contribution in [0.25, 0.3) is 0 Å². The van der Waals surface area contributed by atoms with Crippen molar-refractivity contribution in [2.24, 2.45) is 9.98 Å². The Morgan fingerprint density at radius 3 is 2.22 bits per heavy atom. The van der Waals surface area contributed by atoms with Crippen LogP contribution in [0.5, 0.6) is 0 Å². The molecule has 3 aromatic rings. The maximum Gasteiger partial charge on any atom is 0.323 e. The lowest BCUT2D eigenvalue weighted by molar-refractivity contribution is 0.261. The van der Waals surface area contributed by atoms with Gasteiger partial charge in [0.05, 0.1) is 6.54 Å². The van der Waals surface area contributed by atoms with Crippen molar-refractivity contribution in [3.63, 3.8) is 0 Å². The smallest absolute Gasteiger partial charge is 0.323 e. The predicted octanol–water partition coefficient (Wildman–Crippen LogP) is 4.23. The van der Waals surface area contributed by atoms with Gasteiger partial charge in [0.2, 0.25) is 0 Å². The van der Waals surface area contributed by atoms with E-state index in [1.165, 1.54) is 0 Å². The molecule has 4 rings (SSSR count). The van der Waals surface area contributed by atoms with E-state index < -0.39 is 12.1 Å². The molecule has 0 saturated carbocycles. The van der Waals surface area contributed by atoms with Crippen LogP contribution in [0.3, 0.4) is 0 Å². The average molecular weight is 499 g/mol. The molecule has 0 aromatic heterocycles. The lowest BCUT2D eigenvalue weighted by Gasteiger charge is -2.13. The fourth-order valence-electron chi connectivity index (χ4n) is 3.84. The van der Waals surface area contributed by atoms with Gasteiger partial charge in [0.25, 0.3) is 0 Å². The van der Waals surface area contributed by atoms with E-state index in [1.54, 1.807) is 38.4 Å². The molecule has 37 heavy (non-hydrogen) atoms. The molecule has 4 amide bonds. The summed E-state index contributed by atoms with van der Waals surface area (Å²) in [6.07, 6.45) is 0. The number of hydrogen-bond acceptors (Lipinski definition) is 5. The van der Waals surface area contributed by atoms with E-state index >= 15 is 0 Å². The fraction of sp³-hybridized carbons (Fsp3) is 0.185. The van der Waals surface area contributed by atoms with Crippen LogP contribution in [0.1, 0.15) is 16.7 Å². The number of amidine groups is 2. The minimum atomic E-state index is -0.394. The normalized spacial score (nSPS) is 12.7. The number of anilines is 4. The van der Waals surface area contributed by atoms with Crippen molar-refractivity contribution in [3.05, 3.63) is 83.4 Å². The maximum atomic E-state index is 12.6. The Bertz CT molecular complexity index is 1350. The lowest BCUT2D eigenvalue weighted by atomic mass is 10.1. The van der Waals surface area contributed by atoms with E-state index in [0.717, 1.165) is 41.5 Å². The largest absolute Gasteiger partial charge is 0.373 e. The second-order valence-electron chi connectivity index (χ2n) is 8.33. The van der Waals surface area contributed by atoms with Crippen LogP contribution in [0, 0.1) is 6.92 Å². The van der Waals surface area contributed by atoms with Gasteiger partial charge >= 0.3 is 12.1 Å². The van der Waals surface area contributed by atoms with Crippen LogP contribution in [0.2, 0.25) is 0 Å². The Hall–Kier alpha value is -4.86. The average Bonchev–Trinajstić information content (AvgIpc) is 3.43. The SMILES string of the molecule is CN=C(NC)c1ccc(NC(=O)Nc2cc(NC(=O)Nc3cccc(C4=NCCN4)c3)ccc2C)cc1. The molecule has 6 N–H and O–H groups in total. The molecule has 3 aromatic carbocycles. The molecule has 1 aliphatic rings. The number of nitrogens with one attached hydrogen (secondary N) is 6. The summed E-state index contributed by atoms with van der Waals surface area (Å²) in [5, 5.41) is 17.6. The molecule has 10 heteroatoms.